The zero-order chi connectivity index (χ0) is 25.5. The first-order chi connectivity index (χ1) is 17.4. The average Bonchev–Trinajstić information content (AvgIpc) is 3.36. The number of carbonyl (C=O) groups is 1. The van der Waals surface area contributed by atoms with Crippen molar-refractivity contribution in [1.29, 1.82) is 0 Å². The molecule has 1 aromatic heterocycles. The highest BCUT2D eigenvalue weighted by molar-refractivity contribution is 5.79. The van der Waals surface area contributed by atoms with Gasteiger partial charge >= 0.3 is 0 Å². The van der Waals surface area contributed by atoms with E-state index in [1.807, 2.05) is 56.3 Å². The lowest BCUT2D eigenvalue weighted by molar-refractivity contribution is -0.127. The van der Waals surface area contributed by atoms with Gasteiger partial charge in [-0.3, -0.25) is 9.69 Å². The van der Waals surface area contributed by atoms with Crippen LogP contribution in [0.3, 0.4) is 0 Å². The highest BCUT2D eigenvalue weighted by Gasteiger charge is 2.27. The molecule has 2 aromatic carbocycles. The fourth-order valence-corrected chi connectivity index (χ4v) is 4.29. The van der Waals surface area contributed by atoms with E-state index in [-0.39, 0.29) is 17.9 Å². The molecule has 1 unspecified atom stereocenters. The number of rotatable bonds is 10. The van der Waals surface area contributed by atoms with Crippen molar-refractivity contribution in [3.8, 4) is 28.6 Å². The summed E-state index contributed by atoms with van der Waals surface area (Å²) in [6.07, 6.45) is 1.85. The van der Waals surface area contributed by atoms with Crippen LogP contribution >= 0.6 is 0 Å². The Morgan fingerprint density at radius 1 is 1.14 bits per heavy atom. The Morgan fingerprint density at radius 3 is 2.67 bits per heavy atom. The van der Waals surface area contributed by atoms with Crippen LogP contribution in [0.5, 0.6) is 17.2 Å². The summed E-state index contributed by atoms with van der Waals surface area (Å²) in [5, 5.41) is 7.18. The van der Waals surface area contributed by atoms with Gasteiger partial charge in [-0.05, 0) is 75.2 Å². The Balaban J connectivity index is 1.30. The van der Waals surface area contributed by atoms with Crippen LogP contribution in [0.15, 0.2) is 47.0 Å². The third-order valence-corrected chi connectivity index (χ3v) is 6.11. The molecule has 1 aliphatic rings. The monoisotopic (exact) mass is 494 g/mol. The molecule has 0 radical (unpaired) electrons. The van der Waals surface area contributed by atoms with Gasteiger partial charge in [-0.25, -0.2) is 0 Å². The number of nitrogens with one attached hydrogen (secondary N) is 1. The normalized spacial score (nSPS) is 16.1. The van der Waals surface area contributed by atoms with Crippen molar-refractivity contribution in [1.82, 2.24) is 20.4 Å². The number of ether oxygens (including phenoxy) is 3. The summed E-state index contributed by atoms with van der Waals surface area (Å²) in [5.41, 5.74) is 1.82. The predicted molar refractivity (Wildman–Crippen MR) is 135 cm³/mol. The minimum Gasteiger partial charge on any atom is -0.497 e. The van der Waals surface area contributed by atoms with Crippen molar-refractivity contribution >= 4 is 5.91 Å². The molecule has 9 heteroatoms. The van der Waals surface area contributed by atoms with Gasteiger partial charge in [0, 0.05) is 18.7 Å². The Kier molecular flexibility index (Phi) is 8.43. The molecule has 3 aromatic rings. The Hall–Kier alpha value is -3.59. The van der Waals surface area contributed by atoms with E-state index < -0.39 is 0 Å². The topological polar surface area (TPSA) is 99.0 Å². The van der Waals surface area contributed by atoms with Gasteiger partial charge in [0.1, 0.15) is 5.75 Å². The number of carbonyl (C=O) groups excluding carboxylic acids is 1. The number of amides is 1. The first-order valence-electron chi connectivity index (χ1n) is 12.3. The lowest BCUT2D eigenvalue weighted by Crippen LogP contribution is -2.42. The molecule has 36 heavy (non-hydrogen) atoms. The van der Waals surface area contributed by atoms with E-state index in [9.17, 15) is 4.79 Å². The molecule has 0 aliphatic carbocycles. The summed E-state index contributed by atoms with van der Waals surface area (Å²) < 4.78 is 21.9. The predicted octanol–water partition coefficient (Wildman–Crippen LogP) is 4.07. The molecule has 0 bridgehead atoms. The molecule has 192 valence electrons. The maximum atomic E-state index is 12.9. The number of hydrogen-bond donors (Lipinski definition) is 1. The zero-order valence-electron chi connectivity index (χ0n) is 21.3. The summed E-state index contributed by atoms with van der Waals surface area (Å²) >= 11 is 0. The van der Waals surface area contributed by atoms with Gasteiger partial charge in [0.15, 0.2) is 11.5 Å². The van der Waals surface area contributed by atoms with E-state index in [4.69, 9.17) is 18.7 Å². The van der Waals surface area contributed by atoms with Crippen molar-refractivity contribution in [3.63, 3.8) is 0 Å². The molecule has 1 atom stereocenters. The standard InChI is InChI=1S/C27H34N4O5/c1-18(2)35-23-12-7-19(14-24(23)34-4)15-28-27(32)21-6-5-13-31(16-21)17-25-29-26(30-36-25)20-8-10-22(33-3)11-9-20/h7-12,14,18,21H,5-6,13,15-17H2,1-4H3,(H,28,32). The largest absolute Gasteiger partial charge is 0.497 e. The summed E-state index contributed by atoms with van der Waals surface area (Å²) in [6, 6.07) is 13.3. The smallest absolute Gasteiger partial charge is 0.241 e. The zero-order valence-corrected chi connectivity index (χ0v) is 21.3. The molecule has 1 N–H and O–H groups in total. The van der Waals surface area contributed by atoms with E-state index in [0.29, 0.717) is 42.8 Å². The molecule has 2 heterocycles. The number of likely N-dealkylation sites (tertiary alicyclic amines) is 1. The molecule has 9 nitrogen and oxygen atoms in total. The van der Waals surface area contributed by atoms with Crippen molar-refractivity contribution in [2.24, 2.45) is 5.92 Å². The average molecular weight is 495 g/mol. The second-order valence-corrected chi connectivity index (χ2v) is 9.18. The van der Waals surface area contributed by atoms with Crippen LogP contribution in [0, 0.1) is 5.92 Å². The lowest BCUT2D eigenvalue weighted by atomic mass is 9.97. The fraction of sp³-hybridized carbons (Fsp3) is 0.444. The number of piperidine rings is 1. The summed E-state index contributed by atoms with van der Waals surface area (Å²) in [5.74, 6) is 3.17. The molecular weight excluding hydrogens is 460 g/mol. The summed E-state index contributed by atoms with van der Waals surface area (Å²) in [7, 11) is 3.25. The quantitative estimate of drug-likeness (QED) is 0.450. The van der Waals surface area contributed by atoms with Gasteiger partial charge in [0.2, 0.25) is 17.6 Å². The van der Waals surface area contributed by atoms with Crippen molar-refractivity contribution in [2.75, 3.05) is 27.3 Å². The van der Waals surface area contributed by atoms with Gasteiger partial charge in [0.05, 0.1) is 32.8 Å². The number of methoxy groups -OCH3 is 2. The Morgan fingerprint density at radius 2 is 1.94 bits per heavy atom. The second-order valence-electron chi connectivity index (χ2n) is 9.18. The minimum absolute atomic E-state index is 0.0469. The first-order valence-corrected chi connectivity index (χ1v) is 12.3. The molecule has 1 fully saturated rings. The van der Waals surface area contributed by atoms with Crippen LogP contribution in [-0.4, -0.2) is 54.4 Å². The van der Waals surface area contributed by atoms with Crippen LogP contribution in [0.4, 0.5) is 0 Å². The van der Waals surface area contributed by atoms with E-state index in [1.54, 1.807) is 14.2 Å². The van der Waals surface area contributed by atoms with Gasteiger partial charge in [-0.1, -0.05) is 11.2 Å². The summed E-state index contributed by atoms with van der Waals surface area (Å²) in [4.78, 5) is 19.7. The van der Waals surface area contributed by atoms with E-state index >= 15 is 0 Å². The van der Waals surface area contributed by atoms with Gasteiger partial charge < -0.3 is 24.1 Å². The summed E-state index contributed by atoms with van der Waals surface area (Å²) in [6.45, 7) is 6.43. The van der Waals surface area contributed by atoms with Gasteiger partial charge in [0.25, 0.3) is 0 Å². The highest BCUT2D eigenvalue weighted by atomic mass is 16.5. The number of benzene rings is 2. The number of nitrogens with zero attached hydrogens (tertiary/aromatic N) is 3. The van der Waals surface area contributed by atoms with Crippen LogP contribution in [0.25, 0.3) is 11.4 Å². The third kappa shape index (κ3) is 6.54. The highest BCUT2D eigenvalue weighted by Crippen LogP contribution is 2.29. The van der Waals surface area contributed by atoms with E-state index in [2.05, 4.69) is 20.4 Å². The van der Waals surface area contributed by atoms with Gasteiger partial charge in [-0.2, -0.15) is 4.98 Å². The van der Waals surface area contributed by atoms with Crippen molar-refractivity contribution in [2.45, 2.75) is 45.9 Å². The Labute approximate surface area is 211 Å². The fourth-order valence-electron chi connectivity index (χ4n) is 4.29. The SMILES string of the molecule is COc1ccc(-c2noc(CN3CCCC(C(=O)NCc4ccc(OC(C)C)c(OC)c4)C3)n2)cc1. The first kappa shape index (κ1) is 25.5. The minimum atomic E-state index is -0.0897. The maximum absolute atomic E-state index is 12.9. The molecule has 4 rings (SSSR count). The van der Waals surface area contributed by atoms with Crippen LogP contribution in [0.2, 0.25) is 0 Å². The maximum Gasteiger partial charge on any atom is 0.241 e. The van der Waals surface area contributed by atoms with E-state index in [0.717, 1.165) is 36.3 Å². The lowest BCUT2D eigenvalue weighted by Gasteiger charge is -2.30. The van der Waals surface area contributed by atoms with Crippen LogP contribution in [0.1, 0.15) is 38.1 Å². The number of aromatic nitrogens is 2. The van der Waals surface area contributed by atoms with Gasteiger partial charge in [-0.15, -0.1) is 0 Å². The third-order valence-electron chi connectivity index (χ3n) is 6.11. The van der Waals surface area contributed by atoms with Crippen LogP contribution < -0.4 is 19.5 Å². The molecule has 0 saturated carbocycles. The second kappa shape index (κ2) is 11.9. The number of hydrogen-bond acceptors (Lipinski definition) is 8. The van der Waals surface area contributed by atoms with Crippen molar-refractivity contribution < 1.29 is 23.5 Å². The Bertz CT molecular complexity index is 1150. The van der Waals surface area contributed by atoms with Crippen LogP contribution in [-0.2, 0) is 17.9 Å². The molecule has 1 aliphatic heterocycles. The molecule has 1 saturated heterocycles. The molecule has 0 spiro atoms. The molecule has 1 amide bonds. The van der Waals surface area contributed by atoms with Crippen molar-refractivity contribution in [3.05, 3.63) is 53.9 Å². The molecular formula is C27H34N4O5. The van der Waals surface area contributed by atoms with E-state index in [1.165, 1.54) is 0 Å².